The lowest BCUT2D eigenvalue weighted by Crippen LogP contribution is -2.41. The summed E-state index contributed by atoms with van der Waals surface area (Å²) in [7, 11) is 1.77. The zero-order valence-corrected chi connectivity index (χ0v) is 13.5. The average molecular weight is 296 g/mol. The second-order valence-electron chi connectivity index (χ2n) is 6.48. The van der Waals surface area contributed by atoms with Gasteiger partial charge in [-0.05, 0) is 44.7 Å². The number of hydrogen-bond donors (Lipinski definition) is 2. The van der Waals surface area contributed by atoms with E-state index in [1.54, 1.807) is 7.11 Å². The summed E-state index contributed by atoms with van der Waals surface area (Å²) in [5, 5.41) is 3.40. The normalized spacial score (nSPS) is 23.4. The third kappa shape index (κ3) is 6.22. The van der Waals surface area contributed by atoms with Gasteiger partial charge in [0.2, 0.25) is 0 Å². The van der Waals surface area contributed by atoms with Gasteiger partial charge < -0.3 is 20.7 Å². The number of hydrogen-bond acceptors (Lipinski definition) is 3. The van der Waals surface area contributed by atoms with Crippen molar-refractivity contribution in [1.29, 1.82) is 0 Å². The molecule has 1 heterocycles. The molecule has 0 aromatic heterocycles. The number of nitrogens with two attached hydrogens (primary N) is 1. The highest BCUT2D eigenvalue weighted by Gasteiger charge is 2.19. The maximum absolute atomic E-state index is 6.03. The van der Waals surface area contributed by atoms with E-state index >= 15 is 0 Å². The second kappa shape index (κ2) is 9.26. The topological polar surface area (TPSA) is 62.9 Å². The van der Waals surface area contributed by atoms with E-state index in [9.17, 15) is 0 Å². The molecule has 122 valence electrons. The van der Waals surface area contributed by atoms with Crippen LogP contribution in [0.1, 0.15) is 44.9 Å². The van der Waals surface area contributed by atoms with Gasteiger partial charge in [0.15, 0.2) is 5.96 Å². The fourth-order valence-electron chi connectivity index (χ4n) is 3.34. The van der Waals surface area contributed by atoms with Crippen molar-refractivity contribution < 1.29 is 4.74 Å². The molecule has 1 aliphatic carbocycles. The Balaban J connectivity index is 1.62. The summed E-state index contributed by atoms with van der Waals surface area (Å²) in [6.45, 7) is 5.10. The van der Waals surface area contributed by atoms with Crippen molar-refractivity contribution in [2.24, 2.45) is 16.6 Å². The summed E-state index contributed by atoms with van der Waals surface area (Å²) in [5.41, 5.74) is 6.03. The SMILES string of the molecule is COCCN1CCC(CN=C(N)NC2CCCCC2)CC1. The molecule has 0 bridgehead atoms. The molecule has 0 amide bonds. The second-order valence-corrected chi connectivity index (χ2v) is 6.48. The van der Waals surface area contributed by atoms with Gasteiger partial charge in [0, 0.05) is 26.2 Å². The van der Waals surface area contributed by atoms with Gasteiger partial charge in [0.05, 0.1) is 6.61 Å². The van der Waals surface area contributed by atoms with Crippen LogP contribution in [0.15, 0.2) is 4.99 Å². The Morgan fingerprint density at radius 3 is 2.57 bits per heavy atom. The predicted molar refractivity (Wildman–Crippen MR) is 87.5 cm³/mol. The van der Waals surface area contributed by atoms with Gasteiger partial charge in [0.25, 0.3) is 0 Å². The van der Waals surface area contributed by atoms with Crippen molar-refractivity contribution in [2.45, 2.75) is 51.0 Å². The number of likely N-dealkylation sites (tertiary alicyclic amines) is 1. The Bertz CT molecular complexity index is 307. The van der Waals surface area contributed by atoms with E-state index in [-0.39, 0.29) is 0 Å². The van der Waals surface area contributed by atoms with Gasteiger partial charge in [-0.2, -0.15) is 0 Å². The zero-order chi connectivity index (χ0) is 14.9. The van der Waals surface area contributed by atoms with Crippen molar-refractivity contribution in [3.05, 3.63) is 0 Å². The standard InChI is InChI=1S/C16H32N4O/c1-21-12-11-20-9-7-14(8-10-20)13-18-16(17)19-15-5-3-2-4-6-15/h14-15H,2-13H2,1H3,(H3,17,18,19). The first-order valence-electron chi connectivity index (χ1n) is 8.55. The molecule has 21 heavy (non-hydrogen) atoms. The minimum absolute atomic E-state index is 0.554. The third-order valence-corrected chi connectivity index (χ3v) is 4.80. The number of rotatable bonds is 6. The quantitative estimate of drug-likeness (QED) is 0.577. The largest absolute Gasteiger partial charge is 0.383 e. The highest BCUT2D eigenvalue weighted by atomic mass is 16.5. The van der Waals surface area contributed by atoms with Crippen LogP contribution in [0.3, 0.4) is 0 Å². The molecular weight excluding hydrogens is 264 g/mol. The van der Waals surface area contributed by atoms with Gasteiger partial charge in [0.1, 0.15) is 0 Å². The van der Waals surface area contributed by atoms with E-state index in [1.807, 2.05) is 0 Å². The van der Waals surface area contributed by atoms with Crippen LogP contribution in [0.5, 0.6) is 0 Å². The molecule has 2 rings (SSSR count). The Labute approximate surface area is 129 Å². The van der Waals surface area contributed by atoms with Crippen LogP contribution in [0.2, 0.25) is 0 Å². The van der Waals surface area contributed by atoms with E-state index in [0.717, 1.165) is 19.7 Å². The molecular formula is C16H32N4O. The number of ether oxygens (including phenoxy) is 1. The van der Waals surface area contributed by atoms with Crippen LogP contribution in [-0.4, -0.2) is 56.8 Å². The third-order valence-electron chi connectivity index (χ3n) is 4.80. The summed E-state index contributed by atoms with van der Waals surface area (Å²) in [4.78, 5) is 7.05. The Kier molecular flexibility index (Phi) is 7.30. The number of methoxy groups -OCH3 is 1. The van der Waals surface area contributed by atoms with Crippen molar-refractivity contribution in [2.75, 3.05) is 39.9 Å². The van der Waals surface area contributed by atoms with Crippen molar-refractivity contribution in [1.82, 2.24) is 10.2 Å². The lowest BCUT2D eigenvalue weighted by Gasteiger charge is -2.31. The summed E-state index contributed by atoms with van der Waals surface area (Å²) in [5.74, 6) is 1.35. The minimum Gasteiger partial charge on any atom is -0.383 e. The Morgan fingerprint density at radius 1 is 1.19 bits per heavy atom. The zero-order valence-electron chi connectivity index (χ0n) is 13.5. The fraction of sp³-hybridized carbons (Fsp3) is 0.938. The predicted octanol–water partition coefficient (Wildman–Crippen LogP) is 1.58. The van der Waals surface area contributed by atoms with Crippen LogP contribution >= 0.6 is 0 Å². The molecule has 2 aliphatic rings. The van der Waals surface area contributed by atoms with Crippen LogP contribution in [-0.2, 0) is 4.74 Å². The first-order valence-corrected chi connectivity index (χ1v) is 8.55. The monoisotopic (exact) mass is 296 g/mol. The maximum Gasteiger partial charge on any atom is 0.188 e. The van der Waals surface area contributed by atoms with Crippen LogP contribution < -0.4 is 11.1 Å². The lowest BCUT2D eigenvalue weighted by atomic mass is 9.95. The van der Waals surface area contributed by atoms with Crippen LogP contribution in [0.4, 0.5) is 0 Å². The number of piperidine rings is 1. The molecule has 0 atom stereocenters. The number of nitrogens with one attached hydrogen (secondary N) is 1. The summed E-state index contributed by atoms with van der Waals surface area (Å²) in [6, 6.07) is 0.554. The van der Waals surface area contributed by atoms with Gasteiger partial charge in [-0.3, -0.25) is 4.99 Å². The van der Waals surface area contributed by atoms with Crippen molar-refractivity contribution in [3.8, 4) is 0 Å². The molecule has 1 aliphatic heterocycles. The van der Waals surface area contributed by atoms with Gasteiger partial charge >= 0.3 is 0 Å². The summed E-state index contributed by atoms with van der Waals surface area (Å²) in [6.07, 6.45) is 8.96. The molecule has 0 radical (unpaired) electrons. The molecule has 1 saturated carbocycles. The molecule has 5 nitrogen and oxygen atoms in total. The van der Waals surface area contributed by atoms with E-state index in [1.165, 1.54) is 58.0 Å². The molecule has 0 aromatic carbocycles. The first-order chi connectivity index (χ1) is 10.3. The molecule has 1 saturated heterocycles. The average Bonchev–Trinajstić information content (AvgIpc) is 2.53. The van der Waals surface area contributed by atoms with Crippen molar-refractivity contribution >= 4 is 5.96 Å². The number of aliphatic imine (C=N–C) groups is 1. The van der Waals surface area contributed by atoms with Crippen LogP contribution in [0, 0.1) is 5.92 Å². The smallest absolute Gasteiger partial charge is 0.188 e. The van der Waals surface area contributed by atoms with E-state index in [2.05, 4.69) is 15.2 Å². The number of guanidine groups is 1. The van der Waals surface area contributed by atoms with E-state index < -0.39 is 0 Å². The summed E-state index contributed by atoms with van der Waals surface area (Å²) >= 11 is 0. The van der Waals surface area contributed by atoms with E-state index in [4.69, 9.17) is 10.5 Å². The maximum atomic E-state index is 6.03. The first kappa shape index (κ1) is 16.6. The van der Waals surface area contributed by atoms with Gasteiger partial charge in [-0.25, -0.2) is 0 Å². The molecule has 3 N–H and O–H groups in total. The Hall–Kier alpha value is -0.810. The highest BCUT2D eigenvalue weighted by Crippen LogP contribution is 2.18. The molecule has 0 spiro atoms. The van der Waals surface area contributed by atoms with E-state index in [0.29, 0.717) is 17.9 Å². The van der Waals surface area contributed by atoms with Gasteiger partial charge in [-0.15, -0.1) is 0 Å². The van der Waals surface area contributed by atoms with Crippen molar-refractivity contribution in [3.63, 3.8) is 0 Å². The Morgan fingerprint density at radius 2 is 1.90 bits per heavy atom. The van der Waals surface area contributed by atoms with Crippen LogP contribution in [0.25, 0.3) is 0 Å². The lowest BCUT2D eigenvalue weighted by molar-refractivity contribution is 0.121. The molecule has 0 aromatic rings. The minimum atomic E-state index is 0.554. The molecule has 2 fully saturated rings. The highest BCUT2D eigenvalue weighted by molar-refractivity contribution is 5.78. The fourth-order valence-corrected chi connectivity index (χ4v) is 3.34. The molecule has 0 unspecified atom stereocenters. The molecule has 5 heteroatoms. The number of nitrogens with zero attached hydrogens (tertiary/aromatic N) is 2. The summed E-state index contributed by atoms with van der Waals surface area (Å²) < 4.78 is 5.13. The van der Waals surface area contributed by atoms with Gasteiger partial charge in [-0.1, -0.05) is 19.3 Å².